The Morgan fingerprint density at radius 1 is 0.684 bits per heavy atom. The number of phenolic OH excluding ortho intramolecular Hbond substituents is 1. The van der Waals surface area contributed by atoms with E-state index in [9.17, 15) is 9.90 Å². The highest BCUT2D eigenvalue weighted by atomic mass is 16.6. The summed E-state index contributed by atoms with van der Waals surface area (Å²) in [6.07, 6.45) is 19.5. The normalized spacial score (nSPS) is 10.9. The molecular formula is C34H50O4. The number of hydrogen-bond acceptors (Lipinski definition) is 4. The van der Waals surface area contributed by atoms with Gasteiger partial charge in [0, 0.05) is 5.57 Å². The third-order valence-electron chi connectivity index (χ3n) is 6.94. The molecule has 0 aliphatic heterocycles. The SMILES string of the molecule is C=C(C)C(=O)Oc1ccc(CCCCCCCCC)cc1Oc1cc(CCCCCCCCC)ccc1O. The third kappa shape index (κ3) is 12.2. The van der Waals surface area contributed by atoms with Crippen molar-refractivity contribution in [2.45, 2.75) is 124 Å². The molecule has 0 fully saturated rings. The van der Waals surface area contributed by atoms with Crippen LogP contribution in [-0.4, -0.2) is 11.1 Å². The summed E-state index contributed by atoms with van der Waals surface area (Å²) in [5, 5.41) is 10.5. The lowest BCUT2D eigenvalue weighted by Crippen LogP contribution is -2.09. The number of aromatic hydroxyl groups is 1. The Labute approximate surface area is 231 Å². The lowest BCUT2D eigenvalue weighted by Gasteiger charge is -2.15. The zero-order valence-electron chi connectivity index (χ0n) is 24.2. The molecule has 2 aromatic carbocycles. The number of aryl methyl sites for hydroxylation is 2. The topological polar surface area (TPSA) is 55.8 Å². The molecule has 38 heavy (non-hydrogen) atoms. The lowest BCUT2D eigenvalue weighted by molar-refractivity contribution is -0.130. The van der Waals surface area contributed by atoms with Gasteiger partial charge in [0.1, 0.15) is 0 Å². The molecule has 0 saturated carbocycles. The van der Waals surface area contributed by atoms with Crippen molar-refractivity contribution in [3.05, 3.63) is 59.7 Å². The Hall–Kier alpha value is -2.75. The summed E-state index contributed by atoms with van der Waals surface area (Å²) in [7, 11) is 0. The number of benzene rings is 2. The van der Waals surface area contributed by atoms with Crippen LogP contribution in [0.1, 0.15) is 122 Å². The summed E-state index contributed by atoms with van der Waals surface area (Å²) in [5.41, 5.74) is 2.58. The van der Waals surface area contributed by atoms with Crippen molar-refractivity contribution in [2.75, 3.05) is 0 Å². The summed E-state index contributed by atoms with van der Waals surface area (Å²) in [4.78, 5) is 12.2. The van der Waals surface area contributed by atoms with Gasteiger partial charge in [0.2, 0.25) is 0 Å². The first kappa shape index (κ1) is 31.5. The average molecular weight is 523 g/mol. The number of carbonyl (C=O) groups is 1. The largest absolute Gasteiger partial charge is 0.504 e. The van der Waals surface area contributed by atoms with E-state index in [1.165, 1.54) is 77.0 Å². The van der Waals surface area contributed by atoms with Crippen LogP contribution in [0.5, 0.6) is 23.0 Å². The van der Waals surface area contributed by atoms with Crippen LogP contribution in [0.15, 0.2) is 48.6 Å². The number of unbranched alkanes of at least 4 members (excludes halogenated alkanes) is 12. The van der Waals surface area contributed by atoms with E-state index in [0.717, 1.165) is 36.8 Å². The molecule has 1 N–H and O–H groups in total. The average Bonchev–Trinajstić information content (AvgIpc) is 2.90. The van der Waals surface area contributed by atoms with Crippen LogP contribution in [0, 0.1) is 0 Å². The molecule has 0 bridgehead atoms. The van der Waals surface area contributed by atoms with Gasteiger partial charge < -0.3 is 14.6 Å². The van der Waals surface area contributed by atoms with E-state index in [-0.39, 0.29) is 5.75 Å². The van der Waals surface area contributed by atoms with E-state index in [0.29, 0.717) is 22.8 Å². The van der Waals surface area contributed by atoms with E-state index < -0.39 is 5.97 Å². The maximum atomic E-state index is 12.2. The first-order chi connectivity index (χ1) is 18.4. The fourth-order valence-electron chi connectivity index (χ4n) is 4.55. The highest BCUT2D eigenvalue weighted by molar-refractivity contribution is 5.89. The maximum Gasteiger partial charge on any atom is 0.338 e. The van der Waals surface area contributed by atoms with Crippen molar-refractivity contribution in [3.63, 3.8) is 0 Å². The minimum atomic E-state index is -0.494. The van der Waals surface area contributed by atoms with Gasteiger partial charge in [-0.15, -0.1) is 0 Å². The Kier molecular flexibility index (Phi) is 15.3. The van der Waals surface area contributed by atoms with Gasteiger partial charge in [-0.3, -0.25) is 0 Å². The molecular weight excluding hydrogens is 472 g/mol. The van der Waals surface area contributed by atoms with Crippen molar-refractivity contribution >= 4 is 5.97 Å². The number of esters is 1. The van der Waals surface area contributed by atoms with E-state index in [4.69, 9.17) is 9.47 Å². The van der Waals surface area contributed by atoms with Crippen LogP contribution in [0.3, 0.4) is 0 Å². The van der Waals surface area contributed by atoms with Crippen LogP contribution in [-0.2, 0) is 17.6 Å². The van der Waals surface area contributed by atoms with Crippen molar-refractivity contribution < 1.29 is 19.4 Å². The Bertz CT molecular complexity index is 978. The minimum absolute atomic E-state index is 0.0722. The van der Waals surface area contributed by atoms with E-state index in [2.05, 4.69) is 20.4 Å². The van der Waals surface area contributed by atoms with Crippen molar-refractivity contribution in [1.29, 1.82) is 0 Å². The van der Waals surface area contributed by atoms with Crippen molar-refractivity contribution in [3.8, 4) is 23.0 Å². The Morgan fingerprint density at radius 3 is 1.68 bits per heavy atom. The molecule has 2 rings (SSSR count). The fourth-order valence-corrected chi connectivity index (χ4v) is 4.55. The molecule has 0 radical (unpaired) electrons. The van der Waals surface area contributed by atoms with E-state index in [1.54, 1.807) is 19.1 Å². The molecule has 210 valence electrons. The van der Waals surface area contributed by atoms with E-state index >= 15 is 0 Å². The summed E-state index contributed by atoms with van der Waals surface area (Å²) in [6, 6.07) is 11.3. The summed E-state index contributed by atoms with van der Waals surface area (Å²) in [5.74, 6) is 0.724. The predicted molar refractivity (Wildman–Crippen MR) is 158 cm³/mol. The molecule has 0 saturated heterocycles. The van der Waals surface area contributed by atoms with Gasteiger partial charge in [-0.05, 0) is 68.0 Å². The first-order valence-electron chi connectivity index (χ1n) is 14.9. The number of phenols is 1. The summed E-state index contributed by atoms with van der Waals surface area (Å²) < 4.78 is 11.7. The second kappa shape index (κ2) is 18.5. The smallest absolute Gasteiger partial charge is 0.338 e. The van der Waals surface area contributed by atoms with Gasteiger partial charge in [0.15, 0.2) is 23.0 Å². The first-order valence-corrected chi connectivity index (χ1v) is 14.9. The number of rotatable bonds is 20. The molecule has 4 nitrogen and oxygen atoms in total. The standard InChI is InChI=1S/C34H50O4/c1-5-7-9-11-13-15-17-19-28-21-23-30(35)32(25-28)37-33-26-29(20-18-16-14-12-10-8-6-2)22-24-31(33)38-34(36)27(3)4/h21-26,35H,3,5-20H2,1-2,4H3. The van der Waals surface area contributed by atoms with Crippen LogP contribution in [0.4, 0.5) is 0 Å². The van der Waals surface area contributed by atoms with Crippen molar-refractivity contribution in [2.24, 2.45) is 0 Å². The molecule has 4 heteroatoms. The van der Waals surface area contributed by atoms with Crippen LogP contribution >= 0.6 is 0 Å². The number of carbonyl (C=O) groups excluding carboxylic acids is 1. The maximum absolute atomic E-state index is 12.2. The van der Waals surface area contributed by atoms with Crippen molar-refractivity contribution in [1.82, 2.24) is 0 Å². The van der Waals surface area contributed by atoms with Crippen LogP contribution in [0.2, 0.25) is 0 Å². The summed E-state index contributed by atoms with van der Waals surface area (Å²) in [6.45, 7) is 9.79. The van der Waals surface area contributed by atoms with E-state index in [1.807, 2.05) is 24.3 Å². The van der Waals surface area contributed by atoms with Gasteiger partial charge in [-0.2, -0.15) is 0 Å². The molecule has 0 aromatic heterocycles. The van der Waals surface area contributed by atoms with Crippen LogP contribution in [0.25, 0.3) is 0 Å². The molecule has 0 heterocycles. The molecule has 2 aromatic rings. The third-order valence-corrected chi connectivity index (χ3v) is 6.94. The van der Waals surface area contributed by atoms with Gasteiger partial charge in [-0.1, -0.05) is 110 Å². The highest BCUT2D eigenvalue weighted by Gasteiger charge is 2.15. The highest BCUT2D eigenvalue weighted by Crippen LogP contribution is 2.38. The molecule has 0 unspecified atom stereocenters. The second-order valence-corrected chi connectivity index (χ2v) is 10.6. The molecule has 0 atom stereocenters. The Balaban J connectivity index is 2.05. The molecule has 0 spiro atoms. The van der Waals surface area contributed by atoms with Crippen LogP contribution < -0.4 is 9.47 Å². The Morgan fingerprint density at radius 2 is 1.16 bits per heavy atom. The summed E-state index contributed by atoms with van der Waals surface area (Å²) >= 11 is 0. The minimum Gasteiger partial charge on any atom is -0.504 e. The zero-order valence-corrected chi connectivity index (χ0v) is 24.2. The van der Waals surface area contributed by atoms with Gasteiger partial charge in [0.25, 0.3) is 0 Å². The van der Waals surface area contributed by atoms with Gasteiger partial charge >= 0.3 is 5.97 Å². The van der Waals surface area contributed by atoms with Gasteiger partial charge in [0.05, 0.1) is 0 Å². The molecule has 0 aliphatic carbocycles. The van der Waals surface area contributed by atoms with Gasteiger partial charge in [-0.25, -0.2) is 4.79 Å². The fraction of sp³-hybridized carbons (Fsp3) is 0.559. The predicted octanol–water partition coefficient (Wildman–Crippen LogP) is 10.3. The number of ether oxygens (including phenoxy) is 2. The zero-order chi connectivity index (χ0) is 27.6. The molecule has 0 amide bonds. The number of hydrogen-bond donors (Lipinski definition) is 1. The lowest BCUT2D eigenvalue weighted by atomic mass is 10.0. The molecule has 0 aliphatic rings. The second-order valence-electron chi connectivity index (χ2n) is 10.6. The monoisotopic (exact) mass is 522 g/mol. The quantitative estimate of drug-likeness (QED) is 0.0813.